The van der Waals surface area contributed by atoms with Gasteiger partial charge in [0.1, 0.15) is 0 Å². The van der Waals surface area contributed by atoms with E-state index < -0.39 is 0 Å². The first-order valence-corrected chi connectivity index (χ1v) is 6.40. The molecule has 1 aliphatic carbocycles. The van der Waals surface area contributed by atoms with Gasteiger partial charge in [-0.15, -0.1) is 5.10 Å². The number of rotatable bonds is 4. The maximum atomic E-state index is 11.7. The molecule has 0 saturated heterocycles. The molecule has 0 amide bonds. The molecule has 0 fully saturated rings. The molecule has 5 heteroatoms. The van der Waals surface area contributed by atoms with Crippen molar-refractivity contribution in [2.24, 2.45) is 0 Å². The standard InChI is InChI=1S/C13H16N4O/c18-13-4-1-3-12-11(13)5-9-16(12)7-2-8-17-10-6-14-15-17/h5-6,9-10H,1-4,7-8H2. The quantitative estimate of drug-likeness (QED) is 0.822. The maximum Gasteiger partial charge on any atom is 0.164 e. The first kappa shape index (κ1) is 11.2. The van der Waals surface area contributed by atoms with Crippen molar-refractivity contribution in [1.82, 2.24) is 19.6 Å². The van der Waals surface area contributed by atoms with E-state index in [-0.39, 0.29) is 0 Å². The van der Waals surface area contributed by atoms with Gasteiger partial charge >= 0.3 is 0 Å². The molecule has 2 heterocycles. The van der Waals surface area contributed by atoms with Crippen LogP contribution in [0.25, 0.3) is 0 Å². The third-order valence-electron chi connectivity index (χ3n) is 3.45. The Morgan fingerprint density at radius 3 is 3.00 bits per heavy atom. The minimum atomic E-state index is 0.297. The molecular weight excluding hydrogens is 228 g/mol. The van der Waals surface area contributed by atoms with E-state index in [9.17, 15) is 4.79 Å². The monoisotopic (exact) mass is 244 g/mol. The van der Waals surface area contributed by atoms with Crippen molar-refractivity contribution in [3.63, 3.8) is 0 Å². The van der Waals surface area contributed by atoms with Gasteiger partial charge < -0.3 is 4.57 Å². The molecule has 0 radical (unpaired) electrons. The van der Waals surface area contributed by atoms with E-state index in [0.717, 1.165) is 37.9 Å². The van der Waals surface area contributed by atoms with E-state index in [1.807, 2.05) is 23.1 Å². The van der Waals surface area contributed by atoms with Crippen LogP contribution in [0.1, 0.15) is 35.3 Å². The van der Waals surface area contributed by atoms with Crippen molar-refractivity contribution in [3.8, 4) is 0 Å². The summed E-state index contributed by atoms with van der Waals surface area (Å²) >= 11 is 0. The van der Waals surface area contributed by atoms with Crippen molar-refractivity contribution in [2.45, 2.75) is 38.8 Å². The van der Waals surface area contributed by atoms with Crippen LogP contribution >= 0.6 is 0 Å². The fourth-order valence-electron chi connectivity index (χ4n) is 2.55. The average molecular weight is 244 g/mol. The second-order valence-corrected chi connectivity index (χ2v) is 4.67. The average Bonchev–Trinajstić information content (AvgIpc) is 3.00. The number of aryl methyl sites for hydroxylation is 2. The SMILES string of the molecule is O=C1CCCc2c1ccn2CCCn1ccnn1. The van der Waals surface area contributed by atoms with Gasteiger partial charge in [0.2, 0.25) is 0 Å². The third kappa shape index (κ3) is 2.08. The van der Waals surface area contributed by atoms with Gasteiger partial charge in [-0.3, -0.25) is 9.48 Å². The molecule has 0 spiro atoms. The number of nitrogens with zero attached hydrogens (tertiary/aromatic N) is 4. The van der Waals surface area contributed by atoms with E-state index >= 15 is 0 Å². The lowest BCUT2D eigenvalue weighted by Gasteiger charge is -2.14. The fraction of sp³-hybridized carbons (Fsp3) is 0.462. The van der Waals surface area contributed by atoms with Gasteiger partial charge in [0.05, 0.1) is 6.20 Å². The van der Waals surface area contributed by atoms with E-state index in [4.69, 9.17) is 0 Å². The van der Waals surface area contributed by atoms with Crippen molar-refractivity contribution >= 4 is 5.78 Å². The summed E-state index contributed by atoms with van der Waals surface area (Å²) in [5, 5.41) is 7.72. The van der Waals surface area contributed by atoms with Crippen LogP contribution in [0.15, 0.2) is 24.7 Å². The van der Waals surface area contributed by atoms with Gasteiger partial charge in [0.15, 0.2) is 5.78 Å². The normalized spacial score (nSPS) is 14.8. The van der Waals surface area contributed by atoms with Crippen molar-refractivity contribution in [2.75, 3.05) is 0 Å². The summed E-state index contributed by atoms with van der Waals surface area (Å²) in [5.41, 5.74) is 2.15. The number of Topliss-reactive ketones (excluding diaryl/α,β-unsaturated/α-hetero) is 1. The number of carbonyl (C=O) groups excluding carboxylic acids is 1. The molecular formula is C13H16N4O. The minimum Gasteiger partial charge on any atom is -0.351 e. The number of hydrogen-bond donors (Lipinski definition) is 0. The second-order valence-electron chi connectivity index (χ2n) is 4.67. The smallest absolute Gasteiger partial charge is 0.164 e. The lowest BCUT2D eigenvalue weighted by Crippen LogP contribution is -2.14. The Hall–Kier alpha value is -1.91. The summed E-state index contributed by atoms with van der Waals surface area (Å²) in [6.07, 6.45) is 9.31. The Labute approximate surface area is 105 Å². The minimum absolute atomic E-state index is 0.297. The van der Waals surface area contributed by atoms with E-state index in [0.29, 0.717) is 12.2 Å². The predicted octanol–water partition coefficient (Wildman–Crippen LogP) is 1.69. The van der Waals surface area contributed by atoms with Crippen molar-refractivity contribution < 1.29 is 4.79 Å². The molecule has 0 aliphatic heterocycles. The largest absolute Gasteiger partial charge is 0.351 e. The summed E-state index contributed by atoms with van der Waals surface area (Å²) in [7, 11) is 0. The van der Waals surface area contributed by atoms with Gasteiger partial charge in [-0.05, 0) is 25.3 Å². The highest BCUT2D eigenvalue weighted by molar-refractivity contribution is 5.98. The van der Waals surface area contributed by atoms with E-state index in [2.05, 4.69) is 14.9 Å². The molecule has 3 rings (SSSR count). The van der Waals surface area contributed by atoms with Crippen LogP contribution in [0.4, 0.5) is 0 Å². The highest BCUT2D eigenvalue weighted by atomic mass is 16.1. The highest BCUT2D eigenvalue weighted by Gasteiger charge is 2.19. The molecule has 0 unspecified atom stereocenters. The van der Waals surface area contributed by atoms with Gasteiger partial charge in [-0.1, -0.05) is 5.21 Å². The number of hydrogen-bond acceptors (Lipinski definition) is 3. The molecule has 0 saturated carbocycles. The Balaban J connectivity index is 1.65. The molecule has 0 bridgehead atoms. The van der Waals surface area contributed by atoms with E-state index in [1.165, 1.54) is 5.69 Å². The summed E-state index contributed by atoms with van der Waals surface area (Å²) in [6, 6.07) is 1.96. The topological polar surface area (TPSA) is 52.7 Å². The second kappa shape index (κ2) is 4.76. The predicted molar refractivity (Wildman–Crippen MR) is 66.3 cm³/mol. The molecule has 94 valence electrons. The number of carbonyl (C=O) groups is 1. The number of ketones is 1. The van der Waals surface area contributed by atoms with Crippen LogP contribution in [0, 0.1) is 0 Å². The molecule has 0 N–H and O–H groups in total. The number of aromatic nitrogens is 4. The first-order chi connectivity index (χ1) is 8.84. The Morgan fingerprint density at radius 1 is 1.22 bits per heavy atom. The molecule has 18 heavy (non-hydrogen) atoms. The zero-order valence-corrected chi connectivity index (χ0v) is 10.2. The Bertz CT molecular complexity index is 541. The molecule has 0 atom stereocenters. The van der Waals surface area contributed by atoms with Gasteiger partial charge in [0, 0.05) is 43.2 Å². The lowest BCUT2D eigenvalue weighted by atomic mass is 9.97. The zero-order valence-electron chi connectivity index (χ0n) is 10.2. The summed E-state index contributed by atoms with van der Waals surface area (Å²) < 4.78 is 4.05. The summed E-state index contributed by atoms with van der Waals surface area (Å²) in [6.45, 7) is 1.80. The molecule has 5 nitrogen and oxygen atoms in total. The Kier molecular flexibility index (Phi) is 2.96. The molecule has 2 aromatic rings. The van der Waals surface area contributed by atoms with Crippen LogP contribution in [0.2, 0.25) is 0 Å². The summed E-state index contributed by atoms with van der Waals surface area (Å²) in [5.74, 6) is 0.297. The van der Waals surface area contributed by atoms with E-state index in [1.54, 1.807) is 6.20 Å². The maximum absolute atomic E-state index is 11.7. The third-order valence-corrected chi connectivity index (χ3v) is 3.45. The first-order valence-electron chi connectivity index (χ1n) is 6.40. The highest BCUT2D eigenvalue weighted by Crippen LogP contribution is 2.22. The van der Waals surface area contributed by atoms with Crippen LogP contribution < -0.4 is 0 Å². The van der Waals surface area contributed by atoms with Crippen LogP contribution in [-0.4, -0.2) is 25.3 Å². The lowest BCUT2D eigenvalue weighted by molar-refractivity contribution is 0.0971. The van der Waals surface area contributed by atoms with Crippen molar-refractivity contribution in [3.05, 3.63) is 35.9 Å². The van der Waals surface area contributed by atoms with Gasteiger partial charge in [-0.25, -0.2) is 0 Å². The molecule has 1 aliphatic rings. The van der Waals surface area contributed by atoms with Crippen molar-refractivity contribution in [1.29, 1.82) is 0 Å². The zero-order chi connectivity index (χ0) is 12.4. The van der Waals surface area contributed by atoms with Gasteiger partial charge in [0.25, 0.3) is 0 Å². The van der Waals surface area contributed by atoms with Gasteiger partial charge in [-0.2, -0.15) is 0 Å². The number of fused-ring (bicyclic) bond motifs is 1. The van der Waals surface area contributed by atoms with Crippen LogP contribution in [-0.2, 0) is 19.5 Å². The van der Waals surface area contributed by atoms with Crippen LogP contribution in [0.5, 0.6) is 0 Å². The molecule has 0 aromatic carbocycles. The fourth-order valence-corrected chi connectivity index (χ4v) is 2.55. The Morgan fingerprint density at radius 2 is 2.17 bits per heavy atom. The summed E-state index contributed by atoms with van der Waals surface area (Å²) in [4.78, 5) is 11.7. The van der Waals surface area contributed by atoms with Crippen LogP contribution in [0.3, 0.4) is 0 Å². The molecule has 2 aromatic heterocycles.